The minimum Gasteiger partial charge on any atom is -0.491 e. The van der Waals surface area contributed by atoms with E-state index in [0.29, 0.717) is 22.9 Å². The first-order valence-electron chi connectivity index (χ1n) is 4.60. The van der Waals surface area contributed by atoms with Gasteiger partial charge in [-0.3, -0.25) is 0 Å². The molecule has 80 valence electrons. The van der Waals surface area contributed by atoms with Gasteiger partial charge in [0.25, 0.3) is 0 Å². The van der Waals surface area contributed by atoms with Crippen LogP contribution in [0.1, 0.15) is 5.56 Å². The Morgan fingerprint density at radius 3 is 2.80 bits per heavy atom. The van der Waals surface area contributed by atoms with Crippen molar-refractivity contribution in [3.8, 4) is 11.8 Å². The Morgan fingerprint density at radius 2 is 2.20 bits per heavy atom. The van der Waals surface area contributed by atoms with E-state index in [1.165, 1.54) is 0 Å². The molecule has 0 aliphatic heterocycles. The van der Waals surface area contributed by atoms with Gasteiger partial charge in [0.1, 0.15) is 18.4 Å². The van der Waals surface area contributed by atoms with Crippen LogP contribution in [0.5, 0.6) is 5.75 Å². The van der Waals surface area contributed by atoms with Gasteiger partial charge >= 0.3 is 0 Å². The fraction of sp³-hybridized carbons (Fsp3) is 0.364. The number of benzene rings is 1. The van der Waals surface area contributed by atoms with Gasteiger partial charge in [0.05, 0.1) is 5.56 Å². The van der Waals surface area contributed by atoms with Gasteiger partial charge in [0.2, 0.25) is 0 Å². The number of ether oxygens (including phenoxy) is 1. The predicted octanol–water partition coefficient (Wildman–Crippen LogP) is 2.15. The average Bonchev–Trinajstić information content (AvgIpc) is 2.19. The summed E-state index contributed by atoms with van der Waals surface area (Å²) in [5.41, 5.74) is 0.473. The third-order valence-electron chi connectivity index (χ3n) is 1.86. The fourth-order valence-electron chi connectivity index (χ4n) is 1.05. The van der Waals surface area contributed by atoms with Crippen LogP contribution < -0.4 is 4.74 Å². The first-order valence-corrected chi connectivity index (χ1v) is 4.98. The van der Waals surface area contributed by atoms with Gasteiger partial charge in [0.15, 0.2) is 0 Å². The van der Waals surface area contributed by atoms with Crippen molar-refractivity contribution in [3.05, 3.63) is 28.8 Å². The Kier molecular flexibility index (Phi) is 4.41. The lowest BCUT2D eigenvalue weighted by Crippen LogP contribution is -2.19. The second-order valence-electron chi connectivity index (χ2n) is 3.40. The summed E-state index contributed by atoms with van der Waals surface area (Å²) in [6.45, 7) is 1.37. The summed E-state index contributed by atoms with van der Waals surface area (Å²) >= 11 is 5.77. The van der Waals surface area contributed by atoms with E-state index < -0.39 is 0 Å². The Hall–Kier alpha value is -1.24. The van der Waals surface area contributed by atoms with Crippen LogP contribution in [-0.2, 0) is 0 Å². The Bertz CT molecular complexity index is 371. The van der Waals surface area contributed by atoms with Crippen molar-refractivity contribution < 1.29 is 4.74 Å². The molecule has 0 fully saturated rings. The van der Waals surface area contributed by atoms with Gasteiger partial charge in [-0.05, 0) is 32.3 Å². The third-order valence-corrected chi connectivity index (χ3v) is 2.09. The molecule has 3 nitrogen and oxygen atoms in total. The van der Waals surface area contributed by atoms with Crippen LogP contribution in [0.3, 0.4) is 0 Å². The van der Waals surface area contributed by atoms with Crippen molar-refractivity contribution >= 4 is 11.6 Å². The summed E-state index contributed by atoms with van der Waals surface area (Å²) in [6.07, 6.45) is 0. The van der Waals surface area contributed by atoms with Gasteiger partial charge in [-0.15, -0.1) is 0 Å². The number of nitriles is 1. The predicted molar refractivity (Wildman–Crippen MR) is 60.2 cm³/mol. The molecule has 0 saturated heterocycles. The van der Waals surface area contributed by atoms with Crippen molar-refractivity contribution in [2.24, 2.45) is 0 Å². The van der Waals surface area contributed by atoms with Crippen molar-refractivity contribution in [1.82, 2.24) is 4.90 Å². The van der Waals surface area contributed by atoms with Crippen LogP contribution in [0.25, 0.3) is 0 Å². The van der Waals surface area contributed by atoms with E-state index in [1.54, 1.807) is 18.2 Å². The summed E-state index contributed by atoms with van der Waals surface area (Å²) in [5.74, 6) is 0.587. The zero-order valence-corrected chi connectivity index (χ0v) is 9.58. The highest BCUT2D eigenvalue weighted by molar-refractivity contribution is 6.30. The highest BCUT2D eigenvalue weighted by Crippen LogP contribution is 2.21. The topological polar surface area (TPSA) is 36.3 Å². The maximum absolute atomic E-state index is 8.85. The molecule has 0 N–H and O–H groups in total. The molecule has 0 saturated carbocycles. The molecular weight excluding hydrogens is 212 g/mol. The molecular formula is C11H13ClN2O. The zero-order chi connectivity index (χ0) is 11.3. The van der Waals surface area contributed by atoms with E-state index >= 15 is 0 Å². The van der Waals surface area contributed by atoms with Crippen LogP contribution >= 0.6 is 11.6 Å². The molecule has 1 aromatic rings. The molecule has 0 heterocycles. The molecule has 4 heteroatoms. The monoisotopic (exact) mass is 224 g/mol. The molecule has 0 atom stereocenters. The number of hydrogen-bond donors (Lipinski definition) is 0. The largest absolute Gasteiger partial charge is 0.491 e. The van der Waals surface area contributed by atoms with Crippen LogP contribution in [0.4, 0.5) is 0 Å². The molecule has 0 unspecified atom stereocenters. The third kappa shape index (κ3) is 3.78. The van der Waals surface area contributed by atoms with Crippen LogP contribution in [-0.4, -0.2) is 32.1 Å². The minimum atomic E-state index is 0.473. The maximum Gasteiger partial charge on any atom is 0.137 e. The molecule has 1 aromatic carbocycles. The fourth-order valence-corrected chi connectivity index (χ4v) is 1.23. The van der Waals surface area contributed by atoms with E-state index in [9.17, 15) is 0 Å². The maximum atomic E-state index is 8.85. The summed E-state index contributed by atoms with van der Waals surface area (Å²) in [5, 5.41) is 9.40. The SMILES string of the molecule is CN(C)CCOc1ccc(Cl)cc1C#N. The second-order valence-corrected chi connectivity index (χ2v) is 3.84. The quantitative estimate of drug-likeness (QED) is 0.787. The Balaban J connectivity index is 2.65. The molecule has 0 amide bonds. The first kappa shape index (κ1) is 11.8. The molecule has 0 spiro atoms. The zero-order valence-electron chi connectivity index (χ0n) is 8.83. The molecule has 0 radical (unpaired) electrons. The lowest BCUT2D eigenvalue weighted by Gasteiger charge is -2.11. The van der Waals surface area contributed by atoms with Crippen molar-refractivity contribution in [3.63, 3.8) is 0 Å². The summed E-state index contributed by atoms with van der Waals surface area (Å²) in [4.78, 5) is 2.02. The van der Waals surface area contributed by atoms with E-state index in [0.717, 1.165) is 6.54 Å². The number of halogens is 1. The average molecular weight is 225 g/mol. The lowest BCUT2D eigenvalue weighted by molar-refractivity contribution is 0.261. The molecule has 0 aliphatic rings. The van der Waals surface area contributed by atoms with Gasteiger partial charge in [-0.25, -0.2) is 0 Å². The number of nitrogens with zero attached hydrogens (tertiary/aromatic N) is 2. The molecule has 15 heavy (non-hydrogen) atoms. The molecule has 0 aromatic heterocycles. The normalized spacial score (nSPS) is 10.1. The molecule has 0 bridgehead atoms. The smallest absolute Gasteiger partial charge is 0.137 e. The number of likely N-dealkylation sites (N-methyl/N-ethyl adjacent to an activating group) is 1. The Morgan fingerprint density at radius 1 is 1.47 bits per heavy atom. The van der Waals surface area contributed by atoms with Crippen LogP contribution in [0.2, 0.25) is 5.02 Å². The molecule has 1 rings (SSSR count). The highest BCUT2D eigenvalue weighted by Gasteiger charge is 2.03. The highest BCUT2D eigenvalue weighted by atomic mass is 35.5. The van der Waals surface area contributed by atoms with Crippen LogP contribution in [0.15, 0.2) is 18.2 Å². The number of hydrogen-bond acceptors (Lipinski definition) is 3. The Labute approximate surface area is 94.8 Å². The van der Waals surface area contributed by atoms with E-state index in [-0.39, 0.29) is 0 Å². The summed E-state index contributed by atoms with van der Waals surface area (Å²) in [7, 11) is 3.94. The summed E-state index contributed by atoms with van der Waals surface area (Å²) < 4.78 is 5.47. The van der Waals surface area contributed by atoms with E-state index in [4.69, 9.17) is 21.6 Å². The van der Waals surface area contributed by atoms with Gasteiger partial charge in [-0.1, -0.05) is 11.6 Å². The van der Waals surface area contributed by atoms with Crippen molar-refractivity contribution in [2.75, 3.05) is 27.2 Å². The van der Waals surface area contributed by atoms with Gasteiger partial charge in [-0.2, -0.15) is 5.26 Å². The second kappa shape index (κ2) is 5.59. The lowest BCUT2D eigenvalue weighted by atomic mass is 10.2. The van der Waals surface area contributed by atoms with E-state index in [1.807, 2.05) is 19.0 Å². The van der Waals surface area contributed by atoms with Gasteiger partial charge in [0, 0.05) is 11.6 Å². The van der Waals surface area contributed by atoms with Crippen LogP contribution in [0, 0.1) is 11.3 Å². The van der Waals surface area contributed by atoms with E-state index in [2.05, 4.69) is 6.07 Å². The van der Waals surface area contributed by atoms with Crippen molar-refractivity contribution in [1.29, 1.82) is 5.26 Å². The standard InChI is InChI=1S/C11H13ClN2O/c1-14(2)5-6-15-11-4-3-10(12)7-9(11)8-13/h3-4,7H,5-6H2,1-2H3. The van der Waals surface area contributed by atoms with Gasteiger partial charge < -0.3 is 9.64 Å². The molecule has 0 aliphatic carbocycles. The number of rotatable bonds is 4. The summed E-state index contributed by atoms with van der Waals surface area (Å²) in [6, 6.07) is 7.09. The minimum absolute atomic E-state index is 0.473. The van der Waals surface area contributed by atoms with Crippen molar-refractivity contribution in [2.45, 2.75) is 0 Å². The first-order chi connectivity index (χ1) is 7.13.